The average molecular weight is 402 g/mol. The van der Waals surface area contributed by atoms with Gasteiger partial charge in [-0.05, 0) is 42.8 Å². The van der Waals surface area contributed by atoms with Crippen LogP contribution in [0.5, 0.6) is 11.6 Å². The van der Waals surface area contributed by atoms with Gasteiger partial charge in [-0.1, -0.05) is 18.2 Å². The zero-order chi connectivity index (χ0) is 21.4. The number of nitrogens with two attached hydrogens (primary N) is 1. The molecule has 0 aliphatic carbocycles. The Kier molecular flexibility index (Phi) is 4.64. The van der Waals surface area contributed by atoms with E-state index in [0.717, 1.165) is 5.56 Å². The first-order valence-electron chi connectivity index (χ1n) is 9.09. The first-order valence-corrected chi connectivity index (χ1v) is 9.09. The van der Waals surface area contributed by atoms with Crippen molar-refractivity contribution in [1.82, 2.24) is 9.78 Å². The number of benzene rings is 2. The molecule has 1 atom stereocenters. The van der Waals surface area contributed by atoms with Crippen molar-refractivity contribution in [2.45, 2.75) is 12.8 Å². The van der Waals surface area contributed by atoms with Crippen LogP contribution >= 0.6 is 0 Å². The number of methoxy groups -OCH3 is 1. The van der Waals surface area contributed by atoms with Gasteiger partial charge in [0, 0.05) is 0 Å². The van der Waals surface area contributed by atoms with Crippen molar-refractivity contribution >= 4 is 5.97 Å². The van der Waals surface area contributed by atoms with Crippen LogP contribution in [0.1, 0.15) is 33.1 Å². The van der Waals surface area contributed by atoms with E-state index in [-0.39, 0.29) is 17.0 Å². The van der Waals surface area contributed by atoms with Gasteiger partial charge in [0.05, 0.1) is 35.5 Å². The smallest absolute Gasteiger partial charge is 0.335 e. The summed E-state index contributed by atoms with van der Waals surface area (Å²) < 4.78 is 12.6. The van der Waals surface area contributed by atoms with Gasteiger partial charge in [0.2, 0.25) is 11.8 Å². The Morgan fingerprint density at radius 1 is 1.30 bits per heavy atom. The van der Waals surface area contributed by atoms with Gasteiger partial charge in [-0.25, -0.2) is 9.48 Å². The number of carboxylic acid groups (broad SMARTS) is 1. The predicted octanol–water partition coefficient (Wildman–Crippen LogP) is 3.11. The van der Waals surface area contributed by atoms with Crippen LogP contribution in [0.3, 0.4) is 0 Å². The Bertz CT molecular complexity index is 1240. The monoisotopic (exact) mass is 402 g/mol. The molecule has 30 heavy (non-hydrogen) atoms. The van der Waals surface area contributed by atoms with Crippen molar-refractivity contribution in [2.24, 2.45) is 5.73 Å². The average Bonchev–Trinajstić information content (AvgIpc) is 3.08. The van der Waals surface area contributed by atoms with Gasteiger partial charge >= 0.3 is 5.97 Å². The lowest BCUT2D eigenvalue weighted by atomic mass is 9.84. The summed E-state index contributed by atoms with van der Waals surface area (Å²) in [6, 6.07) is 15.9. The zero-order valence-corrected chi connectivity index (χ0v) is 16.3. The molecule has 3 N–H and O–H groups in total. The number of hydrogen-bond donors (Lipinski definition) is 2. The van der Waals surface area contributed by atoms with Gasteiger partial charge in [0.1, 0.15) is 17.4 Å². The van der Waals surface area contributed by atoms with E-state index >= 15 is 0 Å². The van der Waals surface area contributed by atoms with E-state index in [9.17, 15) is 15.2 Å². The standard InChI is InChI=1S/C22H18N4O4/c1-12-18-19(13-5-4-8-16(10-13)29-2)17(11-23)20(24)30-21(18)26(25-12)15-7-3-6-14(9-15)22(27)28/h3-10,19H,24H2,1-2H3,(H,27,28). The van der Waals surface area contributed by atoms with Crippen molar-refractivity contribution in [2.75, 3.05) is 7.11 Å². The molecule has 4 rings (SSSR count). The van der Waals surface area contributed by atoms with Gasteiger partial charge in [-0.3, -0.25) is 0 Å². The number of rotatable bonds is 4. The van der Waals surface area contributed by atoms with Crippen LogP contribution in [0.4, 0.5) is 0 Å². The number of aromatic carboxylic acids is 1. The second-order valence-electron chi connectivity index (χ2n) is 6.77. The fourth-order valence-corrected chi connectivity index (χ4v) is 3.61. The van der Waals surface area contributed by atoms with Gasteiger partial charge < -0.3 is 20.3 Å². The summed E-state index contributed by atoms with van der Waals surface area (Å²) in [4.78, 5) is 11.4. The molecule has 8 nitrogen and oxygen atoms in total. The molecule has 1 aromatic heterocycles. The molecule has 0 fully saturated rings. The summed E-state index contributed by atoms with van der Waals surface area (Å²) in [5, 5.41) is 23.6. The molecule has 0 saturated carbocycles. The highest BCUT2D eigenvalue weighted by atomic mass is 16.5. The maximum Gasteiger partial charge on any atom is 0.335 e. The Labute approximate surface area is 172 Å². The highest BCUT2D eigenvalue weighted by molar-refractivity contribution is 5.88. The van der Waals surface area contributed by atoms with Crippen LogP contribution in [-0.2, 0) is 0 Å². The third-order valence-corrected chi connectivity index (χ3v) is 5.00. The number of nitriles is 1. The summed E-state index contributed by atoms with van der Waals surface area (Å²) in [5.74, 6) is -0.565. The maximum absolute atomic E-state index is 11.4. The van der Waals surface area contributed by atoms with Crippen molar-refractivity contribution in [1.29, 1.82) is 5.26 Å². The van der Waals surface area contributed by atoms with Crippen LogP contribution in [0.15, 0.2) is 60.0 Å². The molecule has 8 heteroatoms. The lowest BCUT2D eigenvalue weighted by molar-refractivity contribution is 0.0697. The van der Waals surface area contributed by atoms with Gasteiger partial charge in [-0.15, -0.1) is 0 Å². The minimum Gasteiger partial charge on any atom is -0.497 e. The normalized spacial score (nSPS) is 15.2. The molecule has 1 aliphatic heterocycles. The zero-order valence-electron chi connectivity index (χ0n) is 16.3. The second-order valence-corrected chi connectivity index (χ2v) is 6.77. The predicted molar refractivity (Wildman–Crippen MR) is 108 cm³/mol. The number of carbonyl (C=O) groups is 1. The first-order chi connectivity index (χ1) is 14.4. The largest absolute Gasteiger partial charge is 0.497 e. The summed E-state index contributed by atoms with van der Waals surface area (Å²) in [6.45, 7) is 1.81. The fourth-order valence-electron chi connectivity index (χ4n) is 3.61. The number of fused-ring (bicyclic) bond motifs is 1. The molecule has 0 spiro atoms. The lowest BCUT2D eigenvalue weighted by Crippen LogP contribution is -2.22. The summed E-state index contributed by atoms with van der Waals surface area (Å²) >= 11 is 0. The SMILES string of the molecule is COc1cccc(C2C(C#N)=C(N)Oc3c2c(C)nn3-c2cccc(C(=O)O)c2)c1. The van der Waals surface area contributed by atoms with Crippen molar-refractivity contribution in [3.8, 4) is 23.4 Å². The van der Waals surface area contributed by atoms with E-state index < -0.39 is 11.9 Å². The molecule has 1 unspecified atom stereocenters. The number of ether oxygens (including phenoxy) is 2. The molecule has 150 valence electrons. The Morgan fingerprint density at radius 3 is 2.77 bits per heavy atom. The summed E-state index contributed by atoms with van der Waals surface area (Å²) in [7, 11) is 1.57. The van der Waals surface area contributed by atoms with Crippen LogP contribution in [0.25, 0.3) is 5.69 Å². The quantitative estimate of drug-likeness (QED) is 0.687. The van der Waals surface area contributed by atoms with Crippen LogP contribution in [0, 0.1) is 18.3 Å². The molecular weight excluding hydrogens is 384 g/mol. The Balaban J connectivity index is 1.94. The van der Waals surface area contributed by atoms with E-state index in [4.69, 9.17) is 15.2 Å². The topological polar surface area (TPSA) is 123 Å². The van der Waals surface area contributed by atoms with Gasteiger partial charge in [-0.2, -0.15) is 10.4 Å². The Hall–Kier alpha value is -4.25. The second kappa shape index (κ2) is 7.29. The molecule has 2 heterocycles. The number of hydrogen-bond acceptors (Lipinski definition) is 6. The van der Waals surface area contributed by atoms with E-state index in [2.05, 4.69) is 11.2 Å². The number of allylic oxidation sites excluding steroid dienone is 1. The number of aryl methyl sites for hydroxylation is 1. The number of nitrogens with zero attached hydrogens (tertiary/aromatic N) is 3. The van der Waals surface area contributed by atoms with Crippen molar-refractivity contribution in [3.05, 3.63) is 82.4 Å². The van der Waals surface area contributed by atoms with Crippen LogP contribution in [-0.4, -0.2) is 28.0 Å². The minimum atomic E-state index is -1.05. The molecule has 1 aliphatic rings. The third kappa shape index (κ3) is 3.02. The van der Waals surface area contributed by atoms with Crippen LogP contribution < -0.4 is 15.2 Å². The molecule has 0 saturated heterocycles. The van der Waals surface area contributed by atoms with E-state index in [1.807, 2.05) is 31.2 Å². The molecule has 0 amide bonds. The van der Waals surface area contributed by atoms with E-state index in [0.29, 0.717) is 28.6 Å². The highest BCUT2D eigenvalue weighted by Gasteiger charge is 2.36. The van der Waals surface area contributed by atoms with Crippen LogP contribution in [0.2, 0.25) is 0 Å². The molecule has 0 bridgehead atoms. The Morgan fingerprint density at radius 2 is 2.07 bits per heavy atom. The van der Waals surface area contributed by atoms with Gasteiger partial charge in [0.25, 0.3) is 0 Å². The molecule has 2 aromatic carbocycles. The fraction of sp³-hybridized carbons (Fsp3) is 0.136. The number of aromatic nitrogens is 2. The summed E-state index contributed by atoms with van der Waals surface area (Å²) in [6.07, 6.45) is 0. The van der Waals surface area contributed by atoms with E-state index in [1.165, 1.54) is 16.8 Å². The minimum absolute atomic E-state index is 0.0200. The van der Waals surface area contributed by atoms with Crippen molar-refractivity contribution in [3.63, 3.8) is 0 Å². The first kappa shape index (κ1) is 19.1. The lowest BCUT2D eigenvalue weighted by Gasteiger charge is -2.25. The van der Waals surface area contributed by atoms with Gasteiger partial charge in [0.15, 0.2) is 0 Å². The molecule has 0 radical (unpaired) electrons. The molecular formula is C22H18N4O4. The van der Waals surface area contributed by atoms with E-state index in [1.54, 1.807) is 19.2 Å². The number of carboxylic acids is 1. The highest BCUT2D eigenvalue weighted by Crippen LogP contribution is 2.45. The third-order valence-electron chi connectivity index (χ3n) is 5.00. The van der Waals surface area contributed by atoms with Crippen molar-refractivity contribution < 1.29 is 19.4 Å². The maximum atomic E-state index is 11.4. The molecule has 3 aromatic rings. The summed E-state index contributed by atoms with van der Waals surface area (Å²) in [5.41, 5.74) is 9.15.